The summed E-state index contributed by atoms with van der Waals surface area (Å²) in [5.74, 6) is -0.585. The van der Waals surface area contributed by atoms with Crippen LogP contribution in [0.3, 0.4) is 0 Å². The third-order valence-electron chi connectivity index (χ3n) is 5.71. The van der Waals surface area contributed by atoms with E-state index in [1.165, 1.54) is 6.20 Å². The smallest absolute Gasteiger partial charge is 0.294 e. The summed E-state index contributed by atoms with van der Waals surface area (Å²) in [5.41, 5.74) is 3.64. The Balaban J connectivity index is 1.35. The van der Waals surface area contributed by atoms with E-state index >= 15 is 0 Å². The van der Waals surface area contributed by atoms with E-state index in [4.69, 9.17) is 5.21 Å². The molecule has 0 radical (unpaired) electrons. The van der Waals surface area contributed by atoms with Crippen LogP contribution in [-0.4, -0.2) is 57.9 Å². The Bertz CT molecular complexity index is 695. The molecule has 136 valence electrons. The van der Waals surface area contributed by atoms with E-state index in [9.17, 15) is 18.0 Å². The monoisotopic (exact) mass is 356 g/mol. The van der Waals surface area contributed by atoms with Gasteiger partial charge in [0.05, 0.1) is 11.3 Å². The lowest BCUT2D eigenvalue weighted by atomic mass is 9.60. The van der Waals surface area contributed by atoms with Crippen LogP contribution in [0, 0.1) is 5.41 Å². The summed E-state index contributed by atoms with van der Waals surface area (Å²) in [6.45, 7) is 1.70. The number of halogens is 3. The van der Waals surface area contributed by atoms with Crippen molar-refractivity contribution >= 4 is 5.91 Å². The minimum atomic E-state index is -4.21. The highest BCUT2D eigenvalue weighted by atomic mass is 19.4. The Labute approximate surface area is 142 Å². The van der Waals surface area contributed by atoms with E-state index in [2.05, 4.69) is 9.88 Å². The molecule has 6 nitrogen and oxygen atoms in total. The number of nitrogens with one attached hydrogen (secondary N) is 1. The van der Waals surface area contributed by atoms with Crippen molar-refractivity contribution in [1.82, 2.24) is 20.3 Å². The van der Waals surface area contributed by atoms with Gasteiger partial charge in [-0.1, -0.05) is 0 Å². The quantitative estimate of drug-likeness (QED) is 0.478. The average molecular weight is 356 g/mol. The molecule has 1 aromatic rings. The molecule has 2 aliphatic heterocycles. The molecule has 4 rings (SSSR count). The SMILES string of the molecule is O=C(NO)c1cnc2c(c1)CCN(C1CC3(C1)CN(C(F)(F)F)C3)C2. The van der Waals surface area contributed by atoms with E-state index in [1.807, 2.05) is 0 Å². The fourth-order valence-corrected chi connectivity index (χ4v) is 4.33. The fourth-order valence-electron chi connectivity index (χ4n) is 4.33. The van der Waals surface area contributed by atoms with Crippen LogP contribution in [0.15, 0.2) is 12.3 Å². The van der Waals surface area contributed by atoms with E-state index in [1.54, 1.807) is 11.5 Å². The molecule has 0 unspecified atom stereocenters. The van der Waals surface area contributed by atoms with Crippen LogP contribution in [0.1, 0.15) is 34.5 Å². The normalized spacial score (nSPS) is 23.7. The summed E-state index contributed by atoms with van der Waals surface area (Å²) in [6, 6.07) is 2.05. The van der Waals surface area contributed by atoms with Gasteiger partial charge in [0, 0.05) is 38.4 Å². The van der Waals surface area contributed by atoms with Crippen molar-refractivity contribution in [1.29, 1.82) is 0 Å². The lowest BCUT2D eigenvalue weighted by Gasteiger charge is -2.61. The van der Waals surface area contributed by atoms with Crippen molar-refractivity contribution in [3.8, 4) is 0 Å². The van der Waals surface area contributed by atoms with Crippen LogP contribution in [0.4, 0.5) is 13.2 Å². The van der Waals surface area contributed by atoms with Gasteiger partial charge in [0.25, 0.3) is 5.91 Å². The van der Waals surface area contributed by atoms with E-state index < -0.39 is 12.2 Å². The van der Waals surface area contributed by atoms with Gasteiger partial charge in [0.2, 0.25) is 0 Å². The molecule has 1 aromatic heterocycles. The number of aromatic nitrogens is 1. The molecular formula is C16H19F3N4O2. The predicted molar refractivity (Wildman–Crippen MR) is 80.7 cm³/mol. The number of carbonyl (C=O) groups excluding carboxylic acids is 1. The third kappa shape index (κ3) is 2.90. The van der Waals surface area contributed by atoms with Crippen LogP contribution >= 0.6 is 0 Å². The molecule has 0 atom stereocenters. The first-order chi connectivity index (χ1) is 11.8. The molecule has 1 aliphatic carbocycles. The molecule has 1 spiro atoms. The minimum absolute atomic E-state index is 0.120. The number of likely N-dealkylation sites (tertiary alicyclic amines) is 1. The first-order valence-corrected chi connectivity index (χ1v) is 8.28. The van der Waals surface area contributed by atoms with Gasteiger partial charge < -0.3 is 0 Å². The Morgan fingerprint density at radius 3 is 2.72 bits per heavy atom. The Hall–Kier alpha value is -1.71. The van der Waals surface area contributed by atoms with Crippen molar-refractivity contribution in [3.63, 3.8) is 0 Å². The zero-order valence-corrected chi connectivity index (χ0v) is 13.5. The molecule has 9 heteroatoms. The molecule has 1 amide bonds. The molecule has 2 N–H and O–H groups in total. The minimum Gasteiger partial charge on any atom is -0.294 e. The molecule has 2 fully saturated rings. The second-order valence-corrected chi connectivity index (χ2v) is 7.38. The number of rotatable bonds is 2. The van der Waals surface area contributed by atoms with Crippen LogP contribution in [-0.2, 0) is 13.0 Å². The Morgan fingerprint density at radius 2 is 2.08 bits per heavy atom. The van der Waals surface area contributed by atoms with Crippen molar-refractivity contribution in [2.75, 3.05) is 19.6 Å². The maximum absolute atomic E-state index is 12.6. The van der Waals surface area contributed by atoms with Crippen molar-refractivity contribution < 1.29 is 23.2 Å². The van der Waals surface area contributed by atoms with Gasteiger partial charge in [-0.3, -0.25) is 19.9 Å². The number of hydrogen-bond acceptors (Lipinski definition) is 5. The van der Waals surface area contributed by atoms with Gasteiger partial charge in [-0.2, -0.15) is 13.2 Å². The predicted octanol–water partition coefficient (Wildman–Crippen LogP) is 1.54. The average Bonchev–Trinajstić information content (AvgIpc) is 2.49. The Morgan fingerprint density at radius 1 is 1.36 bits per heavy atom. The number of pyridine rings is 1. The first-order valence-electron chi connectivity index (χ1n) is 8.28. The molecule has 3 heterocycles. The summed E-state index contributed by atoms with van der Waals surface area (Å²) in [5, 5.41) is 8.68. The lowest BCUT2D eigenvalue weighted by Crippen LogP contribution is -2.69. The van der Waals surface area contributed by atoms with Crippen LogP contribution in [0.2, 0.25) is 0 Å². The van der Waals surface area contributed by atoms with Crippen molar-refractivity contribution in [2.45, 2.75) is 38.1 Å². The maximum Gasteiger partial charge on any atom is 0.459 e. The summed E-state index contributed by atoms with van der Waals surface area (Å²) in [6.07, 6.45) is -0.418. The maximum atomic E-state index is 12.6. The number of alkyl halides is 3. The number of fused-ring (bicyclic) bond motifs is 1. The largest absolute Gasteiger partial charge is 0.459 e. The summed E-state index contributed by atoms with van der Waals surface area (Å²) in [7, 11) is 0. The third-order valence-corrected chi connectivity index (χ3v) is 5.71. The number of hydrogen-bond donors (Lipinski definition) is 2. The number of amides is 1. The number of nitrogens with zero attached hydrogens (tertiary/aromatic N) is 3. The highest BCUT2D eigenvalue weighted by molar-refractivity contribution is 5.93. The van der Waals surface area contributed by atoms with Crippen molar-refractivity contribution in [3.05, 3.63) is 29.1 Å². The number of hydroxylamine groups is 1. The van der Waals surface area contributed by atoms with Gasteiger partial charge >= 0.3 is 6.30 Å². The van der Waals surface area contributed by atoms with Gasteiger partial charge in [0.15, 0.2) is 0 Å². The van der Waals surface area contributed by atoms with Gasteiger partial charge in [-0.15, -0.1) is 0 Å². The van der Waals surface area contributed by atoms with Crippen LogP contribution in [0.25, 0.3) is 0 Å². The highest BCUT2D eigenvalue weighted by Crippen LogP contribution is 2.53. The zero-order valence-electron chi connectivity index (χ0n) is 13.5. The molecular weight excluding hydrogens is 337 g/mol. The van der Waals surface area contributed by atoms with Crippen LogP contribution < -0.4 is 5.48 Å². The zero-order chi connectivity index (χ0) is 17.8. The van der Waals surface area contributed by atoms with E-state index in [-0.39, 0.29) is 18.5 Å². The second-order valence-electron chi connectivity index (χ2n) is 7.38. The Kier molecular flexibility index (Phi) is 3.78. The van der Waals surface area contributed by atoms with Crippen LogP contribution in [0.5, 0.6) is 0 Å². The number of carbonyl (C=O) groups is 1. The van der Waals surface area contributed by atoms with Gasteiger partial charge in [-0.05, 0) is 36.3 Å². The molecule has 25 heavy (non-hydrogen) atoms. The summed E-state index contributed by atoms with van der Waals surface area (Å²) < 4.78 is 37.8. The molecule has 0 bridgehead atoms. The summed E-state index contributed by atoms with van der Waals surface area (Å²) >= 11 is 0. The molecule has 1 saturated carbocycles. The highest BCUT2D eigenvalue weighted by Gasteiger charge is 2.59. The lowest BCUT2D eigenvalue weighted by molar-refractivity contribution is -0.306. The van der Waals surface area contributed by atoms with E-state index in [0.29, 0.717) is 23.0 Å². The van der Waals surface area contributed by atoms with Gasteiger partial charge in [0.1, 0.15) is 0 Å². The fraction of sp³-hybridized carbons (Fsp3) is 0.625. The first kappa shape index (κ1) is 16.7. The summed E-state index contributed by atoms with van der Waals surface area (Å²) in [4.78, 5) is 18.6. The second kappa shape index (κ2) is 5.65. The molecule has 3 aliphatic rings. The van der Waals surface area contributed by atoms with Crippen molar-refractivity contribution in [2.24, 2.45) is 5.41 Å². The molecule has 1 saturated heterocycles. The standard InChI is InChI=1S/C16H19F3N4O2/c17-16(18,19)23-8-15(9-23)4-12(5-15)22-2-1-10-3-11(14(24)21-25)6-20-13(10)7-22/h3,6,12,25H,1-2,4-5,7-9H2,(H,21,24). The molecule has 0 aromatic carbocycles. The topological polar surface area (TPSA) is 68.7 Å². The van der Waals surface area contributed by atoms with E-state index in [0.717, 1.165) is 37.1 Å². The van der Waals surface area contributed by atoms with Gasteiger partial charge in [-0.25, -0.2) is 10.4 Å².